The molecular formula is C19H22N5O6P. The van der Waals surface area contributed by atoms with Crippen LogP contribution in [0.1, 0.15) is 23.5 Å². The van der Waals surface area contributed by atoms with Gasteiger partial charge in [0.25, 0.3) is 5.91 Å². The molecule has 4 rings (SSSR count). The van der Waals surface area contributed by atoms with Gasteiger partial charge in [0.2, 0.25) is 0 Å². The third kappa shape index (κ3) is 3.98. The molecule has 1 aliphatic heterocycles. The average molecular weight is 447 g/mol. The molecule has 31 heavy (non-hydrogen) atoms. The van der Waals surface area contributed by atoms with Crippen molar-refractivity contribution < 1.29 is 28.8 Å². The Morgan fingerprint density at radius 1 is 1.32 bits per heavy atom. The molecule has 11 nitrogen and oxygen atoms in total. The van der Waals surface area contributed by atoms with Crippen LogP contribution in [0, 0.1) is 5.92 Å². The summed E-state index contributed by atoms with van der Waals surface area (Å²) in [5, 5.41) is 12.4. The van der Waals surface area contributed by atoms with Gasteiger partial charge in [-0.15, -0.1) is 0 Å². The van der Waals surface area contributed by atoms with Gasteiger partial charge in [0.05, 0.1) is 19.8 Å². The summed E-state index contributed by atoms with van der Waals surface area (Å²) in [5.41, 5.74) is 1.12. The highest BCUT2D eigenvalue weighted by Crippen LogP contribution is 2.42. The van der Waals surface area contributed by atoms with Crippen molar-refractivity contribution in [2.75, 3.05) is 19.0 Å². The van der Waals surface area contributed by atoms with Gasteiger partial charge in [-0.2, -0.15) is 4.98 Å². The molecule has 164 valence electrons. The molecule has 1 unspecified atom stereocenters. The predicted octanol–water partition coefficient (Wildman–Crippen LogP) is 1.50. The number of nitrogens with zero attached hydrogens (tertiary/aromatic N) is 4. The van der Waals surface area contributed by atoms with Gasteiger partial charge in [0.1, 0.15) is 12.4 Å². The van der Waals surface area contributed by atoms with E-state index in [-0.39, 0.29) is 30.3 Å². The van der Waals surface area contributed by atoms with Crippen LogP contribution in [0.2, 0.25) is 0 Å². The third-order valence-electron chi connectivity index (χ3n) is 5.22. The van der Waals surface area contributed by atoms with E-state index in [0.29, 0.717) is 16.7 Å². The number of benzene rings is 1. The van der Waals surface area contributed by atoms with Gasteiger partial charge in [-0.05, 0) is 12.1 Å². The SMILES string of the molecule is COc1nc2c(NC(=O)c3ccccc3)ncnc2n1[C@@H]1O[C@H](CO)[C@@H](C)[C@H]1OPO. The molecule has 3 aromatic rings. The standard InChI is InChI=1S/C19H22N5O6P/c1-10-12(8-25)29-18(14(10)30-31-27)24-16-13(22-19(24)28-2)15(20-9-21-16)23-17(26)11-6-4-3-5-7-11/h3-7,9-10,12,14,18,25,27,31H,8H2,1-2H3,(H,20,21,23,26)/t10-,12-,14-,18-/m1/s1. The number of methoxy groups -OCH3 is 1. The summed E-state index contributed by atoms with van der Waals surface area (Å²) in [4.78, 5) is 34.9. The van der Waals surface area contributed by atoms with Crippen LogP contribution < -0.4 is 10.1 Å². The molecule has 3 N–H and O–H groups in total. The Labute approximate surface area is 179 Å². The zero-order chi connectivity index (χ0) is 22.0. The lowest BCUT2D eigenvalue weighted by molar-refractivity contribution is -0.0468. The van der Waals surface area contributed by atoms with Crippen molar-refractivity contribution >= 4 is 31.9 Å². The Morgan fingerprint density at radius 2 is 2.10 bits per heavy atom. The molecule has 5 atom stereocenters. The smallest absolute Gasteiger partial charge is 0.300 e. The van der Waals surface area contributed by atoms with Crippen LogP contribution in [0.4, 0.5) is 5.82 Å². The molecule has 1 aromatic carbocycles. The molecule has 1 fully saturated rings. The fourth-order valence-electron chi connectivity index (χ4n) is 3.62. The summed E-state index contributed by atoms with van der Waals surface area (Å²) in [6.07, 6.45) is -0.553. The van der Waals surface area contributed by atoms with Crippen molar-refractivity contribution in [2.24, 2.45) is 5.92 Å². The quantitative estimate of drug-likeness (QED) is 0.460. The second-order valence-electron chi connectivity index (χ2n) is 6.96. The molecule has 0 aliphatic carbocycles. The van der Waals surface area contributed by atoms with Crippen LogP contribution in [-0.2, 0) is 9.26 Å². The normalized spacial score (nSPS) is 23.6. The van der Waals surface area contributed by atoms with E-state index in [4.69, 9.17) is 14.0 Å². The van der Waals surface area contributed by atoms with E-state index in [1.165, 1.54) is 13.4 Å². The van der Waals surface area contributed by atoms with E-state index in [1.54, 1.807) is 28.8 Å². The molecule has 0 saturated carbocycles. The zero-order valence-corrected chi connectivity index (χ0v) is 17.8. The molecule has 1 amide bonds. The van der Waals surface area contributed by atoms with E-state index in [1.807, 2.05) is 13.0 Å². The number of hydrogen-bond acceptors (Lipinski definition) is 9. The Hall–Kier alpha value is -2.69. The number of amides is 1. The van der Waals surface area contributed by atoms with Crippen LogP contribution in [0.3, 0.4) is 0 Å². The van der Waals surface area contributed by atoms with Crippen LogP contribution in [-0.4, -0.2) is 61.4 Å². The Kier molecular flexibility index (Phi) is 6.40. The van der Waals surface area contributed by atoms with E-state index >= 15 is 0 Å². The number of carbonyl (C=O) groups excluding carboxylic acids is 1. The number of rotatable bonds is 7. The number of carbonyl (C=O) groups is 1. The highest BCUT2D eigenvalue weighted by molar-refractivity contribution is 7.25. The fraction of sp³-hybridized carbons (Fsp3) is 0.368. The summed E-state index contributed by atoms with van der Waals surface area (Å²) in [6.45, 7) is 1.65. The summed E-state index contributed by atoms with van der Waals surface area (Å²) in [6, 6.07) is 8.89. The maximum Gasteiger partial charge on any atom is 0.300 e. The highest BCUT2D eigenvalue weighted by Gasteiger charge is 2.45. The van der Waals surface area contributed by atoms with Crippen molar-refractivity contribution in [1.82, 2.24) is 19.5 Å². The number of hydrogen-bond donors (Lipinski definition) is 3. The topological polar surface area (TPSA) is 141 Å². The van der Waals surface area contributed by atoms with Crippen LogP contribution >= 0.6 is 9.03 Å². The zero-order valence-electron chi connectivity index (χ0n) is 16.8. The first-order chi connectivity index (χ1) is 15.1. The van der Waals surface area contributed by atoms with Gasteiger partial charge >= 0.3 is 6.01 Å². The molecule has 0 spiro atoms. The van der Waals surface area contributed by atoms with Crippen molar-refractivity contribution in [3.05, 3.63) is 42.2 Å². The Bertz CT molecular complexity index is 1060. The lowest BCUT2D eigenvalue weighted by Gasteiger charge is -2.22. The molecule has 0 radical (unpaired) electrons. The molecule has 2 aromatic heterocycles. The summed E-state index contributed by atoms with van der Waals surface area (Å²) in [5.74, 6) is -0.346. The molecule has 0 bridgehead atoms. The predicted molar refractivity (Wildman–Crippen MR) is 112 cm³/mol. The maximum atomic E-state index is 12.6. The number of imidazole rings is 1. The van der Waals surface area contributed by atoms with Gasteiger partial charge in [-0.3, -0.25) is 4.79 Å². The molecular weight excluding hydrogens is 425 g/mol. The highest BCUT2D eigenvalue weighted by atomic mass is 31.1. The molecule has 1 aliphatic rings. The lowest BCUT2D eigenvalue weighted by Crippen LogP contribution is -2.26. The molecule has 12 heteroatoms. The van der Waals surface area contributed by atoms with Gasteiger partial charge in [0.15, 0.2) is 32.2 Å². The number of aliphatic hydroxyl groups excluding tert-OH is 1. The number of fused-ring (bicyclic) bond motifs is 1. The summed E-state index contributed by atoms with van der Waals surface area (Å²) >= 11 is 0. The maximum absolute atomic E-state index is 12.6. The van der Waals surface area contributed by atoms with Gasteiger partial charge in [-0.25, -0.2) is 14.5 Å². The number of anilines is 1. The minimum atomic E-state index is -0.765. The number of aliphatic hydroxyl groups is 1. The lowest BCUT2D eigenvalue weighted by atomic mass is 10.0. The van der Waals surface area contributed by atoms with Crippen LogP contribution in [0.25, 0.3) is 11.2 Å². The van der Waals surface area contributed by atoms with Crippen molar-refractivity contribution in [3.63, 3.8) is 0 Å². The van der Waals surface area contributed by atoms with Crippen LogP contribution in [0.5, 0.6) is 6.01 Å². The van der Waals surface area contributed by atoms with Crippen molar-refractivity contribution in [2.45, 2.75) is 25.4 Å². The average Bonchev–Trinajstić information content (AvgIpc) is 3.32. The summed E-state index contributed by atoms with van der Waals surface area (Å²) < 4.78 is 18.5. The second-order valence-corrected chi connectivity index (χ2v) is 7.38. The number of ether oxygens (including phenoxy) is 2. The fourth-order valence-corrected chi connectivity index (χ4v) is 4.07. The van der Waals surface area contributed by atoms with Crippen molar-refractivity contribution in [1.29, 1.82) is 0 Å². The summed E-state index contributed by atoms with van der Waals surface area (Å²) in [7, 11) is 0.679. The Balaban J connectivity index is 1.75. The van der Waals surface area contributed by atoms with Gasteiger partial charge in [0, 0.05) is 11.5 Å². The number of nitrogens with one attached hydrogen (secondary N) is 1. The third-order valence-corrected chi connectivity index (χ3v) is 5.60. The first-order valence-electron chi connectivity index (χ1n) is 9.53. The Morgan fingerprint density at radius 3 is 2.77 bits per heavy atom. The molecule has 3 heterocycles. The minimum Gasteiger partial charge on any atom is -0.468 e. The first-order valence-corrected chi connectivity index (χ1v) is 10.4. The molecule has 1 saturated heterocycles. The minimum absolute atomic E-state index is 0.163. The van der Waals surface area contributed by atoms with Crippen LogP contribution in [0.15, 0.2) is 36.7 Å². The van der Waals surface area contributed by atoms with E-state index < -0.39 is 27.5 Å². The number of aromatic nitrogens is 4. The van der Waals surface area contributed by atoms with Crippen molar-refractivity contribution in [3.8, 4) is 6.01 Å². The van der Waals surface area contributed by atoms with E-state index in [2.05, 4.69) is 20.3 Å². The van der Waals surface area contributed by atoms with E-state index in [0.717, 1.165) is 0 Å². The first kappa shape index (κ1) is 21.5. The van der Waals surface area contributed by atoms with Gasteiger partial charge < -0.3 is 29.3 Å². The largest absolute Gasteiger partial charge is 0.468 e. The monoisotopic (exact) mass is 447 g/mol. The van der Waals surface area contributed by atoms with E-state index in [9.17, 15) is 14.8 Å². The second kappa shape index (κ2) is 9.21. The van der Waals surface area contributed by atoms with Gasteiger partial charge in [-0.1, -0.05) is 25.1 Å².